The van der Waals surface area contributed by atoms with E-state index in [0.29, 0.717) is 11.5 Å². The molecule has 178 valence electrons. The molecule has 4 rings (SSSR count). The number of piperidine rings is 1. The largest absolute Gasteiger partial charge is 0.490 e. The maximum atomic E-state index is 12.8. The topological polar surface area (TPSA) is 79.7 Å². The molecule has 1 saturated heterocycles. The molecule has 2 atom stereocenters. The van der Waals surface area contributed by atoms with E-state index in [1.54, 1.807) is 12.4 Å². The number of aromatic nitrogens is 1. The number of hydrogen-bond acceptors (Lipinski definition) is 4. The highest BCUT2D eigenvalue weighted by molar-refractivity contribution is 5.93. The molecule has 0 radical (unpaired) electrons. The summed E-state index contributed by atoms with van der Waals surface area (Å²) >= 11 is 0. The van der Waals surface area contributed by atoms with E-state index < -0.39 is 12.1 Å². The molecule has 0 unspecified atom stereocenters. The van der Waals surface area contributed by atoms with Crippen LogP contribution in [0.25, 0.3) is 0 Å². The molecule has 2 fully saturated rings. The molecule has 1 aliphatic carbocycles. The molecule has 0 spiro atoms. The predicted octanol–water partition coefficient (Wildman–Crippen LogP) is 4.21. The van der Waals surface area contributed by atoms with Crippen LogP contribution < -0.4 is 0 Å². The number of carbonyl (C=O) groups excluding carboxylic acids is 1. The van der Waals surface area contributed by atoms with Gasteiger partial charge in [-0.1, -0.05) is 30.3 Å². The van der Waals surface area contributed by atoms with Crippen molar-refractivity contribution in [2.24, 2.45) is 11.8 Å². The number of alkyl halides is 3. The molecule has 1 N–H and O–H groups in total. The highest BCUT2D eigenvalue weighted by Crippen LogP contribution is 2.32. The highest BCUT2D eigenvalue weighted by Gasteiger charge is 2.38. The van der Waals surface area contributed by atoms with E-state index in [0.717, 1.165) is 38.5 Å². The van der Waals surface area contributed by atoms with Crippen molar-refractivity contribution in [3.8, 4) is 0 Å². The van der Waals surface area contributed by atoms with Crippen LogP contribution in [0.1, 0.15) is 35.2 Å². The monoisotopic (exact) mass is 464 g/mol. The molecule has 9 heteroatoms. The van der Waals surface area contributed by atoms with Gasteiger partial charge < -0.3 is 14.7 Å². The first-order valence-corrected chi connectivity index (χ1v) is 10.9. The van der Waals surface area contributed by atoms with Crippen molar-refractivity contribution >= 4 is 11.9 Å². The molecule has 2 aromatic rings. The maximum absolute atomic E-state index is 12.8. The number of carboxylic acids is 1. The molecular weight excluding hydrogens is 437 g/mol. The van der Waals surface area contributed by atoms with Crippen molar-refractivity contribution in [2.45, 2.75) is 38.0 Å². The van der Waals surface area contributed by atoms with Crippen molar-refractivity contribution in [3.05, 3.63) is 66.0 Å². The van der Waals surface area contributed by atoms with E-state index >= 15 is 0 Å². The zero-order valence-corrected chi connectivity index (χ0v) is 18.1. The standard InChI is InChI=1S/C22H26N2O2.C2HF3O2/c25-22(19-7-4-11-23-14-19)24-12-10-21(26-16-18-8-9-18)20(15-24)13-17-5-2-1-3-6-17;3-2(4,5)1(6)7/h1-7,11,14,18,20-21H,8-10,12-13,15-16H2;(H,6,7)/t20-,21+;/m0./s1. The first-order valence-electron chi connectivity index (χ1n) is 10.9. The summed E-state index contributed by atoms with van der Waals surface area (Å²) < 4.78 is 38.0. The average molecular weight is 464 g/mol. The Labute approximate surface area is 190 Å². The lowest BCUT2D eigenvalue weighted by Crippen LogP contribution is -2.47. The Kier molecular flexibility index (Phi) is 8.43. The van der Waals surface area contributed by atoms with Gasteiger partial charge in [-0.25, -0.2) is 4.79 Å². The van der Waals surface area contributed by atoms with Crippen LogP contribution in [0.3, 0.4) is 0 Å². The maximum Gasteiger partial charge on any atom is 0.490 e. The third kappa shape index (κ3) is 7.85. The van der Waals surface area contributed by atoms with Crippen molar-refractivity contribution in [3.63, 3.8) is 0 Å². The summed E-state index contributed by atoms with van der Waals surface area (Å²) in [4.78, 5) is 27.8. The number of ether oxygens (including phenoxy) is 1. The summed E-state index contributed by atoms with van der Waals surface area (Å²) in [5.41, 5.74) is 1.98. The smallest absolute Gasteiger partial charge is 0.475 e. The molecular formula is C24H27F3N2O4. The summed E-state index contributed by atoms with van der Waals surface area (Å²) in [7, 11) is 0. The van der Waals surface area contributed by atoms with Gasteiger partial charge in [0.15, 0.2) is 0 Å². The first kappa shape index (κ1) is 24.7. The normalized spacial score (nSPS) is 20.5. The van der Waals surface area contributed by atoms with Gasteiger partial charge in [0.1, 0.15) is 0 Å². The number of nitrogens with zero attached hydrogens (tertiary/aromatic N) is 2. The number of amides is 1. The summed E-state index contributed by atoms with van der Waals surface area (Å²) in [6, 6.07) is 14.2. The predicted molar refractivity (Wildman–Crippen MR) is 115 cm³/mol. The molecule has 2 aliphatic rings. The molecule has 1 saturated carbocycles. The van der Waals surface area contributed by atoms with Crippen LogP contribution in [-0.2, 0) is 16.0 Å². The fraction of sp³-hybridized carbons (Fsp3) is 0.458. The lowest BCUT2D eigenvalue weighted by Gasteiger charge is -2.38. The third-order valence-corrected chi connectivity index (χ3v) is 5.69. The second kappa shape index (κ2) is 11.3. The Morgan fingerprint density at radius 1 is 1.09 bits per heavy atom. The number of aliphatic carboxylic acids is 1. The van der Waals surface area contributed by atoms with Gasteiger partial charge in [-0.3, -0.25) is 9.78 Å². The van der Waals surface area contributed by atoms with Crippen LogP contribution in [0.2, 0.25) is 0 Å². The van der Waals surface area contributed by atoms with E-state index in [9.17, 15) is 18.0 Å². The lowest BCUT2D eigenvalue weighted by molar-refractivity contribution is -0.192. The Morgan fingerprint density at radius 3 is 2.36 bits per heavy atom. The minimum Gasteiger partial charge on any atom is -0.475 e. The van der Waals surface area contributed by atoms with E-state index in [1.165, 1.54) is 18.4 Å². The van der Waals surface area contributed by atoms with Gasteiger partial charge in [0.2, 0.25) is 0 Å². The first-order chi connectivity index (χ1) is 15.7. The van der Waals surface area contributed by atoms with E-state index in [1.807, 2.05) is 23.1 Å². The molecule has 1 aromatic carbocycles. The van der Waals surface area contributed by atoms with Gasteiger partial charge in [0.05, 0.1) is 11.7 Å². The van der Waals surface area contributed by atoms with Gasteiger partial charge in [0.25, 0.3) is 5.91 Å². The van der Waals surface area contributed by atoms with Gasteiger partial charge in [-0.15, -0.1) is 0 Å². The number of benzene rings is 1. The summed E-state index contributed by atoms with van der Waals surface area (Å²) in [5.74, 6) is -1.57. The van der Waals surface area contributed by atoms with E-state index in [4.69, 9.17) is 14.6 Å². The summed E-state index contributed by atoms with van der Waals surface area (Å²) in [6.07, 6.45) is 3.00. The Bertz CT molecular complexity index is 905. The second-order valence-corrected chi connectivity index (χ2v) is 8.35. The van der Waals surface area contributed by atoms with Crippen molar-refractivity contribution in [1.82, 2.24) is 9.88 Å². The summed E-state index contributed by atoms with van der Waals surface area (Å²) in [5, 5.41) is 7.12. The molecule has 6 nitrogen and oxygen atoms in total. The number of rotatable bonds is 6. The van der Waals surface area contributed by atoms with Crippen LogP contribution in [0.4, 0.5) is 13.2 Å². The number of carbonyl (C=O) groups is 2. The Hall–Kier alpha value is -2.94. The Morgan fingerprint density at radius 2 is 1.79 bits per heavy atom. The molecule has 33 heavy (non-hydrogen) atoms. The zero-order chi connectivity index (χ0) is 23.8. The average Bonchev–Trinajstić information content (AvgIpc) is 3.63. The summed E-state index contributed by atoms with van der Waals surface area (Å²) in [6.45, 7) is 2.39. The number of pyridine rings is 1. The van der Waals surface area contributed by atoms with Gasteiger partial charge in [-0.2, -0.15) is 13.2 Å². The SMILES string of the molecule is O=C(O)C(F)(F)F.O=C(c1cccnc1)N1CC[C@@H](OCC2CC2)[C@@H](Cc2ccccc2)C1. The lowest BCUT2D eigenvalue weighted by atomic mass is 9.88. The van der Waals surface area contributed by atoms with Crippen LogP contribution in [0.15, 0.2) is 54.9 Å². The number of likely N-dealkylation sites (tertiary alicyclic amines) is 1. The molecule has 0 bridgehead atoms. The zero-order valence-electron chi connectivity index (χ0n) is 18.1. The van der Waals surface area contributed by atoms with Gasteiger partial charge in [-0.05, 0) is 49.3 Å². The van der Waals surface area contributed by atoms with Crippen LogP contribution in [0, 0.1) is 11.8 Å². The fourth-order valence-corrected chi connectivity index (χ4v) is 3.74. The van der Waals surface area contributed by atoms with Crippen LogP contribution in [-0.4, -0.2) is 58.8 Å². The number of hydrogen-bond donors (Lipinski definition) is 1. The second-order valence-electron chi connectivity index (χ2n) is 8.35. The Balaban J connectivity index is 0.000000383. The number of halogens is 3. The quantitative estimate of drug-likeness (QED) is 0.693. The molecule has 1 aromatic heterocycles. The fourth-order valence-electron chi connectivity index (χ4n) is 3.74. The van der Waals surface area contributed by atoms with Gasteiger partial charge >= 0.3 is 12.1 Å². The molecule has 2 heterocycles. The van der Waals surface area contributed by atoms with Crippen LogP contribution in [0.5, 0.6) is 0 Å². The highest BCUT2D eigenvalue weighted by atomic mass is 19.4. The van der Waals surface area contributed by atoms with E-state index in [2.05, 4.69) is 29.2 Å². The van der Waals surface area contributed by atoms with E-state index in [-0.39, 0.29) is 12.0 Å². The van der Waals surface area contributed by atoms with Gasteiger partial charge in [0, 0.05) is 38.0 Å². The number of carboxylic acid groups (broad SMARTS) is 1. The minimum atomic E-state index is -5.08. The van der Waals surface area contributed by atoms with Crippen molar-refractivity contribution < 1.29 is 32.6 Å². The minimum absolute atomic E-state index is 0.0804. The third-order valence-electron chi connectivity index (χ3n) is 5.69. The van der Waals surface area contributed by atoms with Crippen molar-refractivity contribution in [1.29, 1.82) is 0 Å². The molecule has 1 aliphatic heterocycles. The van der Waals surface area contributed by atoms with Crippen LogP contribution >= 0.6 is 0 Å². The van der Waals surface area contributed by atoms with Crippen molar-refractivity contribution in [2.75, 3.05) is 19.7 Å². The molecule has 1 amide bonds.